The van der Waals surface area contributed by atoms with Gasteiger partial charge in [0.1, 0.15) is 0 Å². The molecule has 3 N–H and O–H groups in total. The highest BCUT2D eigenvalue weighted by Gasteiger charge is 2.39. The molecule has 2 saturated heterocycles. The van der Waals surface area contributed by atoms with E-state index in [1.54, 1.807) is 0 Å². The highest BCUT2D eigenvalue weighted by Crippen LogP contribution is 2.42. The molecule has 0 radical (unpaired) electrons. The standard InChI is InChI=1S/C32H44N2O6/c1-23-28(21-34-18-5-3-2-4-6-19-34)39-32(40-31(23)26-14-12-25(22-35)13-15-26)27-16-10-24(11-17-27)20-33-29(36)8-7-9-30(37)38/h10-17,23,28,31-32,35H,2-9,18-22H2,1H3,(H,33,36)(H,37,38)/t23-,28+,31+,32+/m0/s1. The first kappa shape index (κ1) is 30.2. The topological polar surface area (TPSA) is 108 Å². The summed E-state index contributed by atoms with van der Waals surface area (Å²) in [7, 11) is 0. The van der Waals surface area contributed by atoms with Crippen LogP contribution >= 0.6 is 0 Å². The van der Waals surface area contributed by atoms with Crippen LogP contribution in [-0.2, 0) is 32.2 Å². The van der Waals surface area contributed by atoms with Gasteiger partial charge in [0.25, 0.3) is 0 Å². The highest BCUT2D eigenvalue weighted by atomic mass is 16.7. The zero-order valence-electron chi connectivity index (χ0n) is 23.6. The number of hydrogen-bond donors (Lipinski definition) is 3. The average Bonchev–Trinajstić information content (AvgIpc) is 2.94. The molecular formula is C32H44N2O6. The first-order valence-corrected chi connectivity index (χ1v) is 14.7. The van der Waals surface area contributed by atoms with Crippen molar-refractivity contribution >= 4 is 11.9 Å². The molecule has 8 heteroatoms. The van der Waals surface area contributed by atoms with Crippen molar-refractivity contribution in [1.29, 1.82) is 0 Å². The average molecular weight is 553 g/mol. The number of ether oxygens (including phenoxy) is 2. The number of carbonyl (C=O) groups is 2. The van der Waals surface area contributed by atoms with Crippen LogP contribution in [0.4, 0.5) is 0 Å². The lowest BCUT2D eigenvalue weighted by Gasteiger charge is -2.43. The number of benzene rings is 2. The number of nitrogens with zero attached hydrogens (tertiary/aromatic N) is 1. The molecule has 2 aromatic carbocycles. The molecule has 2 heterocycles. The fourth-order valence-electron chi connectivity index (χ4n) is 5.56. The Kier molecular flexibility index (Phi) is 11.5. The van der Waals surface area contributed by atoms with Crippen LogP contribution in [0.3, 0.4) is 0 Å². The fourth-order valence-corrected chi connectivity index (χ4v) is 5.56. The van der Waals surface area contributed by atoms with Crippen molar-refractivity contribution in [1.82, 2.24) is 10.2 Å². The van der Waals surface area contributed by atoms with Crippen molar-refractivity contribution in [3.8, 4) is 0 Å². The predicted octanol–water partition coefficient (Wildman–Crippen LogP) is 5.11. The maximum absolute atomic E-state index is 12.0. The number of carbonyl (C=O) groups excluding carboxylic acids is 1. The van der Waals surface area contributed by atoms with Gasteiger partial charge in [0.05, 0.1) is 18.8 Å². The molecule has 2 aromatic rings. The highest BCUT2D eigenvalue weighted by molar-refractivity contribution is 5.76. The van der Waals surface area contributed by atoms with Crippen LogP contribution < -0.4 is 5.32 Å². The number of likely N-dealkylation sites (tertiary alicyclic amines) is 1. The monoisotopic (exact) mass is 552 g/mol. The minimum atomic E-state index is -0.890. The van der Waals surface area contributed by atoms with E-state index in [-0.39, 0.29) is 43.5 Å². The van der Waals surface area contributed by atoms with Gasteiger partial charge in [0, 0.05) is 37.4 Å². The van der Waals surface area contributed by atoms with E-state index in [1.165, 1.54) is 32.1 Å². The Bertz CT molecular complexity index is 1070. The smallest absolute Gasteiger partial charge is 0.303 e. The summed E-state index contributed by atoms with van der Waals surface area (Å²) in [5.41, 5.74) is 3.84. The normalized spacial score (nSPS) is 24.1. The summed E-state index contributed by atoms with van der Waals surface area (Å²) in [4.78, 5) is 25.2. The van der Waals surface area contributed by atoms with Crippen LogP contribution in [0.2, 0.25) is 0 Å². The molecule has 218 valence electrons. The van der Waals surface area contributed by atoms with E-state index in [0.717, 1.165) is 41.9 Å². The van der Waals surface area contributed by atoms with Crippen molar-refractivity contribution in [2.75, 3.05) is 19.6 Å². The maximum atomic E-state index is 12.0. The largest absolute Gasteiger partial charge is 0.481 e. The number of rotatable bonds is 11. The van der Waals surface area contributed by atoms with Crippen molar-refractivity contribution in [3.05, 3.63) is 70.8 Å². The number of amides is 1. The van der Waals surface area contributed by atoms with Gasteiger partial charge in [-0.1, -0.05) is 74.7 Å². The van der Waals surface area contributed by atoms with Gasteiger partial charge in [-0.25, -0.2) is 0 Å². The zero-order valence-corrected chi connectivity index (χ0v) is 23.6. The summed E-state index contributed by atoms with van der Waals surface area (Å²) < 4.78 is 13.2. The Balaban J connectivity index is 1.44. The molecule has 2 aliphatic heterocycles. The molecule has 4 atom stereocenters. The molecule has 0 saturated carbocycles. The van der Waals surface area contributed by atoms with Crippen LogP contribution in [0.5, 0.6) is 0 Å². The molecule has 4 rings (SSSR count). The van der Waals surface area contributed by atoms with E-state index >= 15 is 0 Å². The van der Waals surface area contributed by atoms with Gasteiger partial charge in [-0.05, 0) is 49.0 Å². The molecule has 0 bridgehead atoms. The molecule has 0 aromatic heterocycles. The predicted molar refractivity (Wildman–Crippen MR) is 152 cm³/mol. The molecule has 0 aliphatic carbocycles. The molecular weight excluding hydrogens is 508 g/mol. The molecule has 0 unspecified atom stereocenters. The molecule has 2 fully saturated rings. The van der Waals surface area contributed by atoms with Crippen LogP contribution in [0.1, 0.15) is 92.9 Å². The second-order valence-corrected chi connectivity index (χ2v) is 11.2. The zero-order chi connectivity index (χ0) is 28.3. The maximum Gasteiger partial charge on any atom is 0.303 e. The van der Waals surface area contributed by atoms with E-state index in [0.29, 0.717) is 13.0 Å². The van der Waals surface area contributed by atoms with E-state index in [4.69, 9.17) is 14.6 Å². The lowest BCUT2D eigenvalue weighted by Crippen LogP contribution is -2.45. The van der Waals surface area contributed by atoms with Crippen molar-refractivity contribution in [2.24, 2.45) is 5.92 Å². The summed E-state index contributed by atoms with van der Waals surface area (Å²) in [6.45, 7) is 5.68. The lowest BCUT2D eigenvalue weighted by atomic mass is 9.89. The first-order chi connectivity index (χ1) is 19.4. The van der Waals surface area contributed by atoms with Crippen molar-refractivity contribution in [2.45, 2.75) is 89.9 Å². The van der Waals surface area contributed by atoms with Gasteiger partial charge in [0.15, 0.2) is 6.29 Å². The summed E-state index contributed by atoms with van der Waals surface area (Å²) in [5.74, 6) is -0.892. The SMILES string of the molecule is C[C@H]1[C@@H](CN2CCCCCCC2)O[C@@H](c2ccc(CNC(=O)CCCC(=O)O)cc2)O[C@H]1c1ccc(CO)cc1. The summed E-state index contributed by atoms with van der Waals surface area (Å²) >= 11 is 0. The molecule has 8 nitrogen and oxygen atoms in total. The summed E-state index contributed by atoms with van der Waals surface area (Å²) in [6, 6.07) is 15.9. The van der Waals surface area contributed by atoms with Gasteiger partial charge in [0.2, 0.25) is 5.91 Å². The Morgan fingerprint density at radius 3 is 2.15 bits per heavy atom. The van der Waals surface area contributed by atoms with Crippen LogP contribution in [0, 0.1) is 5.92 Å². The third-order valence-corrected chi connectivity index (χ3v) is 8.05. The molecule has 1 amide bonds. The number of aliphatic hydroxyl groups excluding tert-OH is 1. The van der Waals surface area contributed by atoms with E-state index in [9.17, 15) is 14.7 Å². The minimum absolute atomic E-state index is 0.00506. The number of nitrogens with one attached hydrogen (secondary N) is 1. The Hall–Kier alpha value is -2.78. The number of aliphatic hydroxyl groups is 1. The second-order valence-electron chi connectivity index (χ2n) is 11.2. The van der Waals surface area contributed by atoms with Gasteiger partial charge >= 0.3 is 5.97 Å². The fraction of sp³-hybridized carbons (Fsp3) is 0.562. The third-order valence-electron chi connectivity index (χ3n) is 8.05. The lowest BCUT2D eigenvalue weighted by molar-refractivity contribution is -0.276. The number of carboxylic acids is 1. The summed E-state index contributed by atoms with van der Waals surface area (Å²) in [6.07, 6.45) is 6.23. The van der Waals surface area contributed by atoms with E-state index in [2.05, 4.69) is 17.1 Å². The van der Waals surface area contributed by atoms with Crippen LogP contribution in [0.15, 0.2) is 48.5 Å². The Labute approximate surface area is 237 Å². The first-order valence-electron chi connectivity index (χ1n) is 14.7. The van der Waals surface area contributed by atoms with Gasteiger partial charge in [-0.2, -0.15) is 0 Å². The van der Waals surface area contributed by atoms with Crippen LogP contribution in [-0.4, -0.2) is 52.7 Å². The summed E-state index contributed by atoms with van der Waals surface area (Å²) in [5, 5.41) is 21.1. The van der Waals surface area contributed by atoms with Crippen LogP contribution in [0.25, 0.3) is 0 Å². The van der Waals surface area contributed by atoms with E-state index < -0.39 is 12.3 Å². The van der Waals surface area contributed by atoms with Crippen molar-refractivity contribution < 1.29 is 29.3 Å². The third kappa shape index (κ3) is 8.86. The second kappa shape index (κ2) is 15.3. The number of carboxylic acid groups (broad SMARTS) is 1. The number of aliphatic carboxylic acids is 1. The molecule has 40 heavy (non-hydrogen) atoms. The number of hydrogen-bond acceptors (Lipinski definition) is 6. The Morgan fingerprint density at radius 2 is 1.50 bits per heavy atom. The minimum Gasteiger partial charge on any atom is -0.481 e. The van der Waals surface area contributed by atoms with Crippen molar-refractivity contribution in [3.63, 3.8) is 0 Å². The quantitative estimate of drug-likeness (QED) is 0.356. The Morgan fingerprint density at radius 1 is 0.875 bits per heavy atom. The van der Waals surface area contributed by atoms with Gasteiger partial charge in [-0.15, -0.1) is 0 Å². The van der Waals surface area contributed by atoms with Gasteiger partial charge in [-0.3, -0.25) is 9.59 Å². The van der Waals surface area contributed by atoms with Gasteiger partial charge < -0.3 is 29.9 Å². The molecule has 0 spiro atoms. The molecule has 2 aliphatic rings. The van der Waals surface area contributed by atoms with E-state index in [1.807, 2.05) is 48.5 Å².